The number of fused-ring (bicyclic) bond motifs is 1. The number of benzene rings is 1. The number of allylic oxidation sites excluding steroid dienone is 1. The first-order chi connectivity index (χ1) is 14.6. The number of carbonyl (C=O) groups excluding carboxylic acids is 1. The molecule has 0 aliphatic carbocycles. The van der Waals surface area contributed by atoms with Crippen molar-refractivity contribution in [2.45, 2.75) is 26.7 Å². The molecule has 3 rings (SSSR count). The van der Waals surface area contributed by atoms with Gasteiger partial charge < -0.3 is 10.1 Å². The van der Waals surface area contributed by atoms with Crippen molar-refractivity contribution in [2.75, 3.05) is 11.9 Å². The maximum atomic E-state index is 13.2. The molecule has 1 aliphatic rings. The van der Waals surface area contributed by atoms with Gasteiger partial charge in [-0.2, -0.15) is 0 Å². The number of aromatic nitrogens is 2. The quantitative estimate of drug-likeness (QED) is 0.439. The summed E-state index contributed by atoms with van der Waals surface area (Å²) in [6.07, 6.45) is 0. The van der Waals surface area contributed by atoms with Gasteiger partial charge >= 0.3 is 11.7 Å². The Hall–Kier alpha value is -3.69. The predicted molar refractivity (Wildman–Crippen MR) is 114 cm³/mol. The van der Waals surface area contributed by atoms with E-state index >= 15 is 0 Å². The number of anilines is 1. The first kappa shape index (κ1) is 22.0. The minimum atomic E-state index is -1.08. The van der Waals surface area contributed by atoms with Gasteiger partial charge in [0.2, 0.25) is 0 Å². The van der Waals surface area contributed by atoms with Crippen molar-refractivity contribution in [3.05, 3.63) is 77.6 Å². The van der Waals surface area contributed by atoms with Gasteiger partial charge in [-0.3, -0.25) is 24.0 Å². The third-order valence-corrected chi connectivity index (χ3v) is 5.20. The van der Waals surface area contributed by atoms with Crippen LogP contribution in [0.4, 0.5) is 11.5 Å². The van der Waals surface area contributed by atoms with Crippen LogP contribution in [0.3, 0.4) is 0 Å². The Balaban J connectivity index is 2.37. The largest absolute Gasteiger partial charge is 0.462 e. The van der Waals surface area contributed by atoms with Gasteiger partial charge in [0.15, 0.2) is 0 Å². The summed E-state index contributed by atoms with van der Waals surface area (Å²) >= 11 is 0. The third kappa shape index (κ3) is 3.76. The zero-order chi connectivity index (χ0) is 23.0. The second-order valence-electron chi connectivity index (χ2n) is 7.87. The van der Waals surface area contributed by atoms with E-state index in [2.05, 4.69) is 5.32 Å². The Bertz CT molecular complexity index is 1220. The molecule has 1 aliphatic heterocycles. The normalized spacial score (nSPS) is 15.5. The van der Waals surface area contributed by atoms with E-state index in [-0.39, 0.29) is 40.7 Å². The van der Waals surface area contributed by atoms with Crippen molar-refractivity contribution >= 4 is 17.5 Å². The summed E-state index contributed by atoms with van der Waals surface area (Å²) in [4.78, 5) is 49.9. The number of esters is 1. The molecule has 0 spiro atoms. The van der Waals surface area contributed by atoms with Crippen molar-refractivity contribution in [1.82, 2.24) is 9.13 Å². The number of hydrogen-bond acceptors (Lipinski definition) is 7. The lowest BCUT2D eigenvalue weighted by atomic mass is 9.81. The molecule has 10 nitrogen and oxygen atoms in total. The Morgan fingerprint density at radius 2 is 1.87 bits per heavy atom. The highest BCUT2D eigenvalue weighted by atomic mass is 16.6. The summed E-state index contributed by atoms with van der Waals surface area (Å²) in [6.45, 7) is 5.53. The number of para-hydroxylation sites is 1. The predicted octanol–water partition coefficient (Wildman–Crippen LogP) is 2.02. The van der Waals surface area contributed by atoms with Crippen molar-refractivity contribution in [3.8, 4) is 0 Å². The molecular weight excluding hydrogens is 404 g/mol. The molecule has 2 aromatic rings. The van der Waals surface area contributed by atoms with E-state index in [9.17, 15) is 24.5 Å². The lowest BCUT2D eigenvalue weighted by molar-refractivity contribution is -0.385. The van der Waals surface area contributed by atoms with E-state index in [1.807, 2.05) is 13.8 Å². The Kier molecular flexibility index (Phi) is 5.83. The molecule has 10 heteroatoms. The number of ether oxygens (including phenoxy) is 1. The highest BCUT2D eigenvalue weighted by molar-refractivity contribution is 5.94. The molecule has 0 fully saturated rings. The maximum absolute atomic E-state index is 13.2. The fourth-order valence-corrected chi connectivity index (χ4v) is 3.69. The van der Waals surface area contributed by atoms with Crippen molar-refractivity contribution in [3.63, 3.8) is 0 Å². The van der Waals surface area contributed by atoms with Crippen molar-refractivity contribution in [1.29, 1.82) is 0 Å². The van der Waals surface area contributed by atoms with Crippen LogP contribution in [0, 0.1) is 16.0 Å². The molecule has 2 heterocycles. The molecule has 1 aromatic carbocycles. The molecular formula is C21H24N4O6. The summed E-state index contributed by atoms with van der Waals surface area (Å²) in [6, 6.07) is 5.93. The standard InChI is InChI=1S/C21H24N4O6/c1-11(2)10-31-20(27)15-12(3)22-18-17(19(26)24(5)21(28)23(18)4)16(15)13-8-6-7-9-14(13)25(29)30/h6-9,11,16,22H,10H2,1-5H3. The summed E-state index contributed by atoms with van der Waals surface area (Å²) in [5, 5.41) is 14.7. The molecule has 0 saturated heterocycles. The first-order valence-corrected chi connectivity index (χ1v) is 9.74. The smallest absolute Gasteiger partial charge is 0.336 e. The van der Waals surface area contributed by atoms with E-state index in [1.165, 1.54) is 36.9 Å². The van der Waals surface area contributed by atoms with Crippen LogP contribution in [0.25, 0.3) is 0 Å². The van der Waals surface area contributed by atoms with Crippen LogP contribution >= 0.6 is 0 Å². The number of nitrogens with zero attached hydrogens (tertiary/aromatic N) is 3. The van der Waals surface area contributed by atoms with Crippen LogP contribution in [0.5, 0.6) is 0 Å². The van der Waals surface area contributed by atoms with Gasteiger partial charge in [-0.25, -0.2) is 9.59 Å². The van der Waals surface area contributed by atoms with Gasteiger partial charge in [-0.1, -0.05) is 32.0 Å². The lowest BCUT2D eigenvalue weighted by Gasteiger charge is -2.30. The Morgan fingerprint density at radius 1 is 1.23 bits per heavy atom. The number of rotatable bonds is 5. The molecule has 1 aromatic heterocycles. The van der Waals surface area contributed by atoms with Gasteiger partial charge in [-0.05, 0) is 12.8 Å². The van der Waals surface area contributed by atoms with Crippen LogP contribution in [-0.2, 0) is 23.6 Å². The SMILES string of the molecule is CC1=C(C(=O)OCC(C)C)C(c2ccccc2[N+](=O)[O-])c2c(n(C)c(=O)n(C)c2=O)N1. The van der Waals surface area contributed by atoms with E-state index in [1.54, 1.807) is 13.0 Å². The van der Waals surface area contributed by atoms with Gasteiger partial charge in [0, 0.05) is 31.4 Å². The Morgan fingerprint density at radius 3 is 2.48 bits per heavy atom. The zero-order valence-electron chi connectivity index (χ0n) is 18.0. The Labute approximate surface area is 177 Å². The van der Waals surface area contributed by atoms with Gasteiger partial charge in [0.25, 0.3) is 11.2 Å². The van der Waals surface area contributed by atoms with Crippen LogP contribution in [0.1, 0.15) is 37.8 Å². The highest BCUT2D eigenvalue weighted by Crippen LogP contribution is 2.42. The number of nitro benzene ring substituents is 1. The molecule has 0 amide bonds. The van der Waals surface area contributed by atoms with E-state index in [0.717, 1.165) is 4.57 Å². The molecule has 1 N–H and O–H groups in total. The van der Waals surface area contributed by atoms with E-state index in [4.69, 9.17) is 4.74 Å². The average Bonchev–Trinajstić information content (AvgIpc) is 2.73. The van der Waals surface area contributed by atoms with Crippen molar-refractivity contribution < 1.29 is 14.5 Å². The van der Waals surface area contributed by atoms with Crippen LogP contribution in [0.2, 0.25) is 0 Å². The van der Waals surface area contributed by atoms with Crippen LogP contribution < -0.4 is 16.6 Å². The van der Waals surface area contributed by atoms with Gasteiger partial charge in [-0.15, -0.1) is 0 Å². The minimum Gasteiger partial charge on any atom is -0.462 e. The average molecular weight is 428 g/mol. The summed E-state index contributed by atoms with van der Waals surface area (Å²) < 4.78 is 7.59. The molecule has 164 valence electrons. The fraction of sp³-hybridized carbons (Fsp3) is 0.381. The van der Waals surface area contributed by atoms with Gasteiger partial charge in [0.05, 0.1) is 28.6 Å². The summed E-state index contributed by atoms with van der Waals surface area (Å²) in [5.41, 5.74) is -0.751. The molecule has 1 unspecified atom stereocenters. The molecule has 31 heavy (non-hydrogen) atoms. The summed E-state index contributed by atoms with van der Waals surface area (Å²) in [5.74, 6) is -1.49. The van der Waals surface area contributed by atoms with Crippen LogP contribution in [0.15, 0.2) is 45.1 Å². The van der Waals surface area contributed by atoms with Crippen LogP contribution in [-0.4, -0.2) is 26.6 Å². The zero-order valence-corrected chi connectivity index (χ0v) is 18.0. The fourth-order valence-electron chi connectivity index (χ4n) is 3.69. The molecule has 0 radical (unpaired) electrons. The molecule has 0 bridgehead atoms. The van der Waals surface area contributed by atoms with Crippen molar-refractivity contribution in [2.24, 2.45) is 20.0 Å². The van der Waals surface area contributed by atoms with E-state index in [0.29, 0.717) is 5.70 Å². The number of nitro groups is 1. The number of carbonyl (C=O) groups is 1. The third-order valence-electron chi connectivity index (χ3n) is 5.20. The first-order valence-electron chi connectivity index (χ1n) is 9.74. The minimum absolute atomic E-state index is 0.0704. The topological polar surface area (TPSA) is 125 Å². The number of hydrogen-bond donors (Lipinski definition) is 1. The highest BCUT2D eigenvalue weighted by Gasteiger charge is 2.40. The monoisotopic (exact) mass is 428 g/mol. The second kappa shape index (κ2) is 8.21. The maximum Gasteiger partial charge on any atom is 0.336 e. The molecule has 1 atom stereocenters. The molecule has 0 saturated carbocycles. The van der Waals surface area contributed by atoms with Gasteiger partial charge in [0.1, 0.15) is 5.82 Å². The number of nitrogens with one attached hydrogen (secondary N) is 1. The summed E-state index contributed by atoms with van der Waals surface area (Å²) in [7, 11) is 2.81. The van der Waals surface area contributed by atoms with E-state index < -0.39 is 28.1 Å². The second-order valence-corrected chi connectivity index (χ2v) is 7.87. The lowest BCUT2D eigenvalue weighted by Crippen LogP contribution is -2.43.